The van der Waals surface area contributed by atoms with Gasteiger partial charge in [-0.05, 0) is 24.3 Å². The van der Waals surface area contributed by atoms with Crippen molar-refractivity contribution in [3.63, 3.8) is 0 Å². The van der Waals surface area contributed by atoms with Crippen molar-refractivity contribution in [3.05, 3.63) is 72.6 Å². The number of aryl methyl sites for hydroxylation is 2. The van der Waals surface area contributed by atoms with Crippen LogP contribution in [0.5, 0.6) is 0 Å². The Labute approximate surface area is 177 Å². The van der Waals surface area contributed by atoms with Gasteiger partial charge in [0, 0.05) is 50.0 Å². The Balaban J connectivity index is 0.000000176. The third-order valence-corrected chi connectivity index (χ3v) is 4.19. The minimum atomic E-state index is -0.956. The number of carbonyl (C=O) groups is 2. The molecule has 158 valence electrons. The van der Waals surface area contributed by atoms with Gasteiger partial charge >= 0.3 is 11.9 Å². The van der Waals surface area contributed by atoms with Gasteiger partial charge < -0.3 is 9.84 Å². The quantitative estimate of drug-likeness (QED) is 0.499. The van der Waals surface area contributed by atoms with Gasteiger partial charge in [-0.2, -0.15) is 10.2 Å². The van der Waals surface area contributed by atoms with E-state index in [1.165, 1.54) is 25.4 Å². The van der Waals surface area contributed by atoms with Gasteiger partial charge in [0.25, 0.3) is 0 Å². The average Bonchev–Trinajstić information content (AvgIpc) is 3.42. The molecule has 31 heavy (non-hydrogen) atoms. The van der Waals surface area contributed by atoms with Gasteiger partial charge in [0.05, 0.1) is 42.0 Å². The van der Waals surface area contributed by atoms with Crippen molar-refractivity contribution < 1.29 is 19.4 Å². The van der Waals surface area contributed by atoms with Crippen LogP contribution < -0.4 is 0 Å². The smallest absolute Gasteiger partial charge is 0.337 e. The Hall–Kier alpha value is -4.34. The fourth-order valence-electron chi connectivity index (χ4n) is 2.66. The van der Waals surface area contributed by atoms with Crippen LogP contribution in [0.25, 0.3) is 22.5 Å². The van der Waals surface area contributed by atoms with E-state index in [0.717, 1.165) is 11.1 Å². The summed E-state index contributed by atoms with van der Waals surface area (Å²) in [5.74, 6) is -1.32. The molecule has 0 radical (unpaired) electrons. The van der Waals surface area contributed by atoms with Crippen LogP contribution in [0.15, 0.2) is 61.4 Å². The molecule has 10 heteroatoms. The lowest BCUT2D eigenvalue weighted by molar-refractivity contribution is 0.0599. The lowest BCUT2D eigenvalue weighted by atomic mass is 10.1. The molecule has 0 unspecified atom stereocenters. The molecule has 0 saturated heterocycles. The van der Waals surface area contributed by atoms with Gasteiger partial charge in [0.15, 0.2) is 0 Å². The average molecular weight is 420 g/mol. The number of methoxy groups -OCH3 is 1. The monoisotopic (exact) mass is 420 g/mol. The van der Waals surface area contributed by atoms with Gasteiger partial charge in [-0.25, -0.2) is 9.59 Å². The number of esters is 1. The van der Waals surface area contributed by atoms with Gasteiger partial charge in [-0.1, -0.05) is 0 Å². The fraction of sp³-hybridized carbons (Fsp3) is 0.143. The van der Waals surface area contributed by atoms with Crippen LogP contribution in [0.3, 0.4) is 0 Å². The molecule has 10 nitrogen and oxygen atoms in total. The molecule has 0 aliphatic rings. The minimum Gasteiger partial charge on any atom is -0.478 e. The zero-order valence-electron chi connectivity index (χ0n) is 17.1. The summed E-state index contributed by atoms with van der Waals surface area (Å²) in [6.45, 7) is 0. The van der Waals surface area contributed by atoms with E-state index in [1.807, 2.05) is 13.2 Å². The van der Waals surface area contributed by atoms with Crippen molar-refractivity contribution >= 4 is 11.9 Å². The molecule has 4 heterocycles. The predicted octanol–water partition coefficient (Wildman–Crippen LogP) is 2.45. The van der Waals surface area contributed by atoms with E-state index in [4.69, 9.17) is 5.11 Å². The highest BCUT2D eigenvalue weighted by molar-refractivity contribution is 5.90. The second kappa shape index (κ2) is 9.44. The highest BCUT2D eigenvalue weighted by Crippen LogP contribution is 2.17. The number of hydrogen-bond donors (Lipinski definition) is 1. The van der Waals surface area contributed by atoms with Crippen LogP contribution in [0.1, 0.15) is 20.7 Å². The third-order valence-electron chi connectivity index (χ3n) is 4.19. The van der Waals surface area contributed by atoms with Gasteiger partial charge in [-0.3, -0.25) is 19.3 Å². The standard InChI is InChI=1S/C11H11N3O2.C10H9N3O2/c1-14-7-9(6-13-14)10-5-8(3-4-12-10)11(15)16-2;1-13-6-8(5-12-13)9-4-7(10(14)15)2-3-11-9/h3-7H,1-2H3;2-6H,1H3,(H,14,15). The lowest BCUT2D eigenvalue weighted by Crippen LogP contribution is -2.01. The Morgan fingerprint density at radius 1 is 0.871 bits per heavy atom. The maximum atomic E-state index is 11.3. The van der Waals surface area contributed by atoms with E-state index < -0.39 is 5.97 Å². The third kappa shape index (κ3) is 5.38. The van der Waals surface area contributed by atoms with E-state index in [2.05, 4.69) is 24.9 Å². The van der Waals surface area contributed by atoms with E-state index in [1.54, 1.807) is 53.3 Å². The first kappa shape index (κ1) is 21.4. The molecule has 1 N–H and O–H groups in total. The summed E-state index contributed by atoms with van der Waals surface area (Å²) in [5.41, 5.74) is 3.70. The summed E-state index contributed by atoms with van der Waals surface area (Å²) in [4.78, 5) is 30.3. The highest BCUT2D eigenvalue weighted by Gasteiger charge is 2.09. The molecule has 0 aromatic carbocycles. The molecule has 0 aliphatic heterocycles. The molecule has 0 amide bonds. The van der Waals surface area contributed by atoms with Crippen molar-refractivity contribution in [1.82, 2.24) is 29.5 Å². The van der Waals surface area contributed by atoms with Crippen LogP contribution in [-0.2, 0) is 18.8 Å². The highest BCUT2D eigenvalue weighted by atomic mass is 16.5. The number of nitrogens with zero attached hydrogens (tertiary/aromatic N) is 6. The summed E-state index contributed by atoms with van der Waals surface area (Å²) < 4.78 is 7.97. The summed E-state index contributed by atoms with van der Waals surface area (Å²) in [7, 11) is 4.98. The molecule has 4 aromatic heterocycles. The van der Waals surface area contributed by atoms with Crippen molar-refractivity contribution in [2.24, 2.45) is 14.1 Å². The molecular formula is C21H20N6O4. The number of aromatic carboxylic acids is 1. The van der Waals surface area contributed by atoms with Crippen molar-refractivity contribution in [1.29, 1.82) is 0 Å². The molecule has 0 aliphatic carbocycles. The fourth-order valence-corrected chi connectivity index (χ4v) is 2.66. The minimum absolute atomic E-state index is 0.226. The van der Waals surface area contributed by atoms with Crippen molar-refractivity contribution in [2.45, 2.75) is 0 Å². The number of rotatable bonds is 4. The van der Waals surface area contributed by atoms with Crippen LogP contribution in [-0.4, -0.2) is 53.7 Å². The summed E-state index contributed by atoms with van der Waals surface area (Å²) in [6.07, 6.45) is 10.0. The van der Waals surface area contributed by atoms with E-state index in [-0.39, 0.29) is 11.5 Å². The zero-order chi connectivity index (χ0) is 22.4. The molecular weight excluding hydrogens is 400 g/mol. The Morgan fingerprint density at radius 2 is 1.35 bits per heavy atom. The van der Waals surface area contributed by atoms with E-state index >= 15 is 0 Å². The maximum absolute atomic E-state index is 11.3. The summed E-state index contributed by atoms with van der Waals surface area (Å²) in [5, 5.41) is 16.9. The topological polar surface area (TPSA) is 125 Å². The van der Waals surface area contributed by atoms with Gasteiger partial charge in [-0.15, -0.1) is 0 Å². The predicted molar refractivity (Wildman–Crippen MR) is 111 cm³/mol. The number of carbonyl (C=O) groups excluding carboxylic acids is 1. The number of carboxylic acids is 1. The molecule has 0 bridgehead atoms. The largest absolute Gasteiger partial charge is 0.478 e. The Bertz CT molecular complexity index is 1210. The number of pyridine rings is 2. The van der Waals surface area contributed by atoms with Crippen molar-refractivity contribution in [3.8, 4) is 22.5 Å². The van der Waals surface area contributed by atoms with Crippen LogP contribution in [0, 0.1) is 0 Å². The van der Waals surface area contributed by atoms with Crippen molar-refractivity contribution in [2.75, 3.05) is 7.11 Å². The molecule has 0 spiro atoms. The Morgan fingerprint density at radius 3 is 1.77 bits per heavy atom. The van der Waals surface area contributed by atoms with E-state index in [0.29, 0.717) is 17.0 Å². The second-order valence-electron chi connectivity index (χ2n) is 6.46. The van der Waals surface area contributed by atoms with Gasteiger partial charge in [0.1, 0.15) is 0 Å². The van der Waals surface area contributed by atoms with Crippen LogP contribution >= 0.6 is 0 Å². The van der Waals surface area contributed by atoms with Gasteiger partial charge in [0.2, 0.25) is 0 Å². The summed E-state index contributed by atoms with van der Waals surface area (Å²) in [6, 6.07) is 6.29. The number of hydrogen-bond acceptors (Lipinski definition) is 7. The van der Waals surface area contributed by atoms with Crippen LogP contribution in [0.4, 0.5) is 0 Å². The lowest BCUT2D eigenvalue weighted by Gasteiger charge is -2.00. The second-order valence-corrected chi connectivity index (χ2v) is 6.46. The first-order chi connectivity index (χ1) is 14.9. The number of carboxylic acid groups (broad SMARTS) is 1. The van der Waals surface area contributed by atoms with Crippen LogP contribution in [0.2, 0.25) is 0 Å². The zero-order valence-corrected chi connectivity index (χ0v) is 17.1. The summed E-state index contributed by atoms with van der Waals surface area (Å²) >= 11 is 0. The SMILES string of the molecule is COC(=O)c1ccnc(-c2cnn(C)c2)c1.Cn1cc(-c2cc(C(=O)O)ccn2)cn1. The normalized spacial score (nSPS) is 10.2. The molecule has 0 fully saturated rings. The molecule has 0 saturated carbocycles. The first-order valence-corrected chi connectivity index (χ1v) is 9.09. The molecule has 4 rings (SSSR count). The maximum Gasteiger partial charge on any atom is 0.337 e. The Kier molecular flexibility index (Phi) is 6.51. The first-order valence-electron chi connectivity index (χ1n) is 9.09. The van der Waals surface area contributed by atoms with E-state index in [9.17, 15) is 9.59 Å². The molecule has 0 atom stereocenters. The number of aromatic nitrogens is 6. The number of ether oxygens (including phenoxy) is 1. The molecule has 4 aromatic rings.